The van der Waals surface area contributed by atoms with E-state index >= 15 is 0 Å². The lowest BCUT2D eigenvalue weighted by Crippen LogP contribution is -2.29. The van der Waals surface area contributed by atoms with Crippen LogP contribution in [-0.4, -0.2) is 19.1 Å². The van der Waals surface area contributed by atoms with Gasteiger partial charge >= 0.3 is 5.97 Å². The van der Waals surface area contributed by atoms with Gasteiger partial charge in [-0.2, -0.15) is 0 Å². The highest BCUT2D eigenvalue weighted by atomic mass is 79.9. The molecule has 4 heteroatoms. The largest absolute Gasteiger partial charge is 0.425 e. The van der Waals surface area contributed by atoms with Gasteiger partial charge in [0.25, 0.3) is 0 Å². The van der Waals surface area contributed by atoms with Crippen LogP contribution in [0.3, 0.4) is 0 Å². The summed E-state index contributed by atoms with van der Waals surface area (Å²) in [7, 11) is 0. The second-order valence-corrected chi connectivity index (χ2v) is 5.16. The number of para-hydroxylation sites is 1. The predicted molar refractivity (Wildman–Crippen MR) is 70.0 cm³/mol. The highest BCUT2D eigenvalue weighted by molar-refractivity contribution is 9.10. The lowest BCUT2D eigenvalue weighted by Gasteiger charge is -2.21. The molecule has 0 saturated carbocycles. The second-order valence-electron chi connectivity index (χ2n) is 4.30. The third-order valence-electron chi connectivity index (χ3n) is 2.97. The quantitative estimate of drug-likeness (QED) is 0.689. The molecule has 1 fully saturated rings. The van der Waals surface area contributed by atoms with Crippen molar-refractivity contribution in [3.8, 4) is 5.75 Å². The van der Waals surface area contributed by atoms with Crippen molar-refractivity contribution in [2.45, 2.75) is 19.3 Å². The number of carbonyl (C=O) groups excluding carboxylic acids is 1. The van der Waals surface area contributed by atoms with Gasteiger partial charge in [-0.1, -0.05) is 12.1 Å². The van der Waals surface area contributed by atoms with E-state index in [-0.39, 0.29) is 5.97 Å². The molecule has 1 saturated heterocycles. The van der Waals surface area contributed by atoms with Gasteiger partial charge in [0.1, 0.15) is 5.75 Å². The molecule has 0 spiro atoms. The van der Waals surface area contributed by atoms with E-state index in [1.165, 1.54) is 0 Å². The fraction of sp³-hybridized carbons (Fsp3) is 0.462. The number of halogens is 1. The molecule has 3 nitrogen and oxygen atoms in total. The lowest BCUT2D eigenvalue weighted by atomic mass is 9.95. The molecule has 0 bridgehead atoms. The van der Waals surface area contributed by atoms with E-state index in [0.29, 0.717) is 18.1 Å². The van der Waals surface area contributed by atoms with Crippen LogP contribution >= 0.6 is 15.9 Å². The van der Waals surface area contributed by atoms with E-state index in [1.54, 1.807) is 6.07 Å². The number of rotatable bonds is 3. The molecular weight excluding hydrogens is 282 g/mol. The first kappa shape index (κ1) is 12.6. The van der Waals surface area contributed by atoms with Crippen LogP contribution < -0.4 is 10.1 Å². The van der Waals surface area contributed by atoms with E-state index in [2.05, 4.69) is 21.2 Å². The number of hydrogen-bond donors (Lipinski definition) is 1. The van der Waals surface area contributed by atoms with Crippen molar-refractivity contribution in [2.75, 3.05) is 13.1 Å². The molecule has 0 atom stereocenters. The zero-order valence-electron chi connectivity index (χ0n) is 9.62. The van der Waals surface area contributed by atoms with E-state index in [4.69, 9.17) is 4.74 Å². The van der Waals surface area contributed by atoms with Crippen LogP contribution in [0.4, 0.5) is 0 Å². The number of esters is 1. The fourth-order valence-electron chi connectivity index (χ4n) is 2.01. The molecule has 1 aliphatic heterocycles. The Morgan fingerprint density at radius 3 is 2.76 bits per heavy atom. The van der Waals surface area contributed by atoms with Crippen LogP contribution in [0.25, 0.3) is 0 Å². The molecule has 1 heterocycles. The van der Waals surface area contributed by atoms with Crippen LogP contribution in [-0.2, 0) is 4.79 Å². The molecule has 0 aromatic heterocycles. The molecule has 17 heavy (non-hydrogen) atoms. The molecule has 1 aliphatic rings. The van der Waals surface area contributed by atoms with Gasteiger partial charge in [0.05, 0.1) is 4.47 Å². The maximum atomic E-state index is 11.8. The second kappa shape index (κ2) is 6.17. The Kier molecular flexibility index (Phi) is 4.57. The molecule has 92 valence electrons. The van der Waals surface area contributed by atoms with E-state index in [0.717, 1.165) is 30.4 Å². The normalized spacial score (nSPS) is 16.8. The Balaban J connectivity index is 1.86. The molecule has 1 aromatic rings. The first-order chi connectivity index (χ1) is 8.25. The standard InChI is InChI=1S/C13H16BrNO2/c14-11-3-1-2-4-12(11)17-13(16)9-10-5-7-15-8-6-10/h1-4,10,15H,5-9H2. The molecule has 0 aliphatic carbocycles. The fourth-order valence-corrected chi connectivity index (χ4v) is 2.38. The first-order valence-electron chi connectivity index (χ1n) is 5.91. The summed E-state index contributed by atoms with van der Waals surface area (Å²) in [6.07, 6.45) is 2.64. The van der Waals surface area contributed by atoms with E-state index in [9.17, 15) is 4.79 Å². The number of benzene rings is 1. The van der Waals surface area contributed by atoms with Gasteiger partial charge in [0, 0.05) is 6.42 Å². The average Bonchev–Trinajstić information content (AvgIpc) is 2.33. The minimum Gasteiger partial charge on any atom is -0.425 e. The SMILES string of the molecule is O=C(CC1CCNCC1)Oc1ccccc1Br. The smallest absolute Gasteiger partial charge is 0.311 e. The van der Waals surface area contributed by atoms with Gasteiger partial charge in [-0.05, 0) is 59.9 Å². The average molecular weight is 298 g/mol. The lowest BCUT2D eigenvalue weighted by molar-refractivity contribution is -0.135. The molecule has 0 unspecified atom stereocenters. The summed E-state index contributed by atoms with van der Waals surface area (Å²) in [5.41, 5.74) is 0. The van der Waals surface area contributed by atoms with Gasteiger partial charge in [0.2, 0.25) is 0 Å². The number of piperidine rings is 1. The van der Waals surface area contributed by atoms with E-state index in [1.807, 2.05) is 18.2 Å². The zero-order valence-corrected chi connectivity index (χ0v) is 11.2. The Morgan fingerprint density at radius 1 is 1.35 bits per heavy atom. The maximum absolute atomic E-state index is 11.8. The molecule has 1 aromatic carbocycles. The molecule has 1 N–H and O–H groups in total. The number of nitrogens with one attached hydrogen (secondary N) is 1. The summed E-state index contributed by atoms with van der Waals surface area (Å²) in [5.74, 6) is 0.932. The number of carbonyl (C=O) groups is 1. The van der Waals surface area contributed by atoms with Crippen LogP contribution in [0.2, 0.25) is 0 Å². The van der Waals surface area contributed by atoms with Crippen molar-refractivity contribution in [1.82, 2.24) is 5.32 Å². The minimum atomic E-state index is -0.135. The third-order valence-corrected chi connectivity index (χ3v) is 3.63. The van der Waals surface area contributed by atoms with E-state index < -0.39 is 0 Å². The summed E-state index contributed by atoms with van der Waals surface area (Å²) in [5, 5.41) is 3.29. The van der Waals surface area contributed by atoms with Gasteiger partial charge in [-0.3, -0.25) is 4.79 Å². The number of ether oxygens (including phenoxy) is 1. The molecule has 2 rings (SSSR count). The monoisotopic (exact) mass is 297 g/mol. The Morgan fingerprint density at radius 2 is 2.06 bits per heavy atom. The van der Waals surface area contributed by atoms with Gasteiger partial charge < -0.3 is 10.1 Å². The Hall–Kier alpha value is -0.870. The van der Waals surface area contributed by atoms with Crippen LogP contribution in [0, 0.1) is 5.92 Å². The Bertz CT molecular complexity index is 389. The maximum Gasteiger partial charge on any atom is 0.311 e. The highest BCUT2D eigenvalue weighted by Crippen LogP contribution is 2.25. The summed E-state index contributed by atoms with van der Waals surface area (Å²) < 4.78 is 6.16. The van der Waals surface area contributed by atoms with Gasteiger partial charge in [-0.15, -0.1) is 0 Å². The zero-order chi connectivity index (χ0) is 12.1. The summed E-state index contributed by atoms with van der Waals surface area (Å²) in [6, 6.07) is 7.42. The van der Waals surface area contributed by atoms with Crippen LogP contribution in [0.1, 0.15) is 19.3 Å². The van der Waals surface area contributed by atoms with Crippen molar-refractivity contribution in [2.24, 2.45) is 5.92 Å². The molecular formula is C13H16BrNO2. The van der Waals surface area contributed by atoms with Crippen molar-refractivity contribution in [1.29, 1.82) is 0 Å². The van der Waals surface area contributed by atoms with Crippen molar-refractivity contribution in [3.05, 3.63) is 28.7 Å². The van der Waals surface area contributed by atoms with Crippen LogP contribution in [0.5, 0.6) is 5.75 Å². The van der Waals surface area contributed by atoms with Crippen molar-refractivity contribution < 1.29 is 9.53 Å². The Labute approximate surface area is 110 Å². The van der Waals surface area contributed by atoms with Crippen LogP contribution in [0.15, 0.2) is 28.7 Å². The first-order valence-corrected chi connectivity index (χ1v) is 6.71. The number of hydrogen-bond acceptors (Lipinski definition) is 3. The summed E-state index contributed by atoms with van der Waals surface area (Å²) in [4.78, 5) is 11.8. The van der Waals surface area contributed by atoms with Gasteiger partial charge in [0.15, 0.2) is 0 Å². The predicted octanol–water partition coefficient (Wildman–Crippen LogP) is 2.74. The summed E-state index contributed by atoms with van der Waals surface area (Å²) in [6.45, 7) is 2.01. The summed E-state index contributed by atoms with van der Waals surface area (Å²) >= 11 is 3.36. The van der Waals surface area contributed by atoms with Crippen molar-refractivity contribution >= 4 is 21.9 Å². The highest BCUT2D eigenvalue weighted by Gasteiger charge is 2.18. The topological polar surface area (TPSA) is 38.3 Å². The van der Waals surface area contributed by atoms with Crippen molar-refractivity contribution in [3.63, 3.8) is 0 Å². The third kappa shape index (κ3) is 3.82. The minimum absolute atomic E-state index is 0.135. The molecule has 0 radical (unpaired) electrons. The molecule has 0 amide bonds. The van der Waals surface area contributed by atoms with Gasteiger partial charge in [-0.25, -0.2) is 0 Å².